The van der Waals surface area contributed by atoms with Crippen molar-refractivity contribution < 1.29 is 4.79 Å². The fourth-order valence-electron chi connectivity index (χ4n) is 2.00. The molecule has 0 aliphatic rings. The van der Waals surface area contributed by atoms with Gasteiger partial charge in [0.1, 0.15) is 0 Å². The second-order valence-corrected chi connectivity index (χ2v) is 6.09. The lowest BCUT2D eigenvalue weighted by molar-refractivity contribution is 0.102. The van der Waals surface area contributed by atoms with Crippen molar-refractivity contribution in [3.05, 3.63) is 41.2 Å². The van der Waals surface area contributed by atoms with Crippen molar-refractivity contribution in [2.45, 2.75) is 26.7 Å². The summed E-state index contributed by atoms with van der Waals surface area (Å²) in [4.78, 5) is 12.9. The van der Waals surface area contributed by atoms with Gasteiger partial charge < -0.3 is 0 Å². The van der Waals surface area contributed by atoms with Gasteiger partial charge in [-0.2, -0.15) is 4.52 Å². The zero-order chi connectivity index (χ0) is 15.0. The molecular formula is C14H15N5OS. The second-order valence-electron chi connectivity index (χ2n) is 5.14. The summed E-state index contributed by atoms with van der Waals surface area (Å²) in [5.74, 6) is 0.842. The Morgan fingerprint density at radius 2 is 2.14 bits per heavy atom. The Morgan fingerprint density at radius 1 is 1.33 bits per heavy atom. The molecule has 2 aromatic heterocycles. The molecule has 0 bridgehead atoms. The smallest absolute Gasteiger partial charge is 0.257 e. The molecule has 0 fully saturated rings. The van der Waals surface area contributed by atoms with Crippen molar-refractivity contribution in [2.24, 2.45) is 0 Å². The first kappa shape index (κ1) is 13.7. The van der Waals surface area contributed by atoms with Gasteiger partial charge in [0.25, 0.3) is 5.91 Å². The third-order valence-corrected chi connectivity index (χ3v) is 3.85. The summed E-state index contributed by atoms with van der Waals surface area (Å²) in [7, 11) is 0. The third kappa shape index (κ3) is 2.64. The van der Waals surface area contributed by atoms with Crippen molar-refractivity contribution in [1.82, 2.24) is 19.8 Å². The fourth-order valence-corrected chi connectivity index (χ4v) is 2.74. The molecule has 0 saturated heterocycles. The third-order valence-electron chi connectivity index (χ3n) is 3.03. The molecule has 0 saturated carbocycles. The first-order valence-corrected chi connectivity index (χ1v) is 7.46. The van der Waals surface area contributed by atoms with Gasteiger partial charge in [0.2, 0.25) is 10.1 Å². The van der Waals surface area contributed by atoms with Crippen molar-refractivity contribution in [3.63, 3.8) is 0 Å². The van der Waals surface area contributed by atoms with E-state index in [0.29, 0.717) is 15.7 Å². The number of hydrogen-bond acceptors (Lipinski definition) is 5. The van der Waals surface area contributed by atoms with Gasteiger partial charge in [0, 0.05) is 11.5 Å². The highest BCUT2D eigenvalue weighted by Gasteiger charge is 2.16. The van der Waals surface area contributed by atoms with Gasteiger partial charge in [0.05, 0.1) is 0 Å². The van der Waals surface area contributed by atoms with Gasteiger partial charge >= 0.3 is 0 Å². The second kappa shape index (κ2) is 5.25. The molecular weight excluding hydrogens is 286 g/mol. The molecule has 0 radical (unpaired) electrons. The first-order valence-electron chi connectivity index (χ1n) is 6.65. The number of nitrogens with zero attached hydrogens (tertiary/aromatic N) is 4. The van der Waals surface area contributed by atoms with Crippen LogP contribution in [0.15, 0.2) is 24.3 Å². The Morgan fingerprint density at radius 3 is 2.86 bits per heavy atom. The van der Waals surface area contributed by atoms with E-state index < -0.39 is 0 Å². The largest absolute Gasteiger partial charge is 0.296 e. The lowest BCUT2D eigenvalue weighted by atomic mass is 10.1. The van der Waals surface area contributed by atoms with E-state index in [2.05, 4.69) is 20.6 Å². The zero-order valence-corrected chi connectivity index (χ0v) is 12.8. The molecule has 1 N–H and O–H groups in total. The number of hydrogen-bond donors (Lipinski definition) is 1. The van der Waals surface area contributed by atoms with Crippen LogP contribution in [0.3, 0.4) is 0 Å². The molecule has 21 heavy (non-hydrogen) atoms. The molecule has 6 nitrogen and oxygen atoms in total. The fraction of sp³-hybridized carbons (Fsp3) is 0.286. The minimum absolute atomic E-state index is 0.172. The number of aromatic nitrogens is 4. The number of rotatable bonds is 3. The maximum atomic E-state index is 12.2. The molecule has 7 heteroatoms. The molecule has 108 valence electrons. The van der Waals surface area contributed by atoms with Crippen LogP contribution in [0.25, 0.3) is 4.96 Å². The number of amides is 1. The van der Waals surface area contributed by atoms with E-state index >= 15 is 0 Å². The van der Waals surface area contributed by atoms with Gasteiger partial charge in [-0.25, -0.2) is 0 Å². The van der Waals surface area contributed by atoms with Gasteiger partial charge in [-0.1, -0.05) is 42.9 Å². The van der Waals surface area contributed by atoms with Crippen LogP contribution in [0.4, 0.5) is 5.13 Å². The summed E-state index contributed by atoms with van der Waals surface area (Å²) in [6.45, 7) is 6.01. The van der Waals surface area contributed by atoms with Crippen molar-refractivity contribution in [1.29, 1.82) is 0 Å². The lowest BCUT2D eigenvalue weighted by Crippen LogP contribution is -2.12. The van der Waals surface area contributed by atoms with Gasteiger partial charge in [-0.15, -0.1) is 15.3 Å². The van der Waals surface area contributed by atoms with Crippen molar-refractivity contribution >= 4 is 27.3 Å². The molecule has 3 aromatic rings. The number of carbonyl (C=O) groups excluding carboxylic acids is 1. The molecule has 1 aromatic carbocycles. The van der Waals surface area contributed by atoms with E-state index in [4.69, 9.17) is 0 Å². The van der Waals surface area contributed by atoms with Crippen molar-refractivity contribution in [3.8, 4) is 0 Å². The molecule has 1 amide bonds. The maximum absolute atomic E-state index is 12.2. The predicted molar refractivity (Wildman–Crippen MR) is 81.9 cm³/mol. The van der Waals surface area contributed by atoms with Gasteiger partial charge in [-0.3, -0.25) is 10.1 Å². The lowest BCUT2D eigenvalue weighted by Gasteiger charge is -2.02. The summed E-state index contributed by atoms with van der Waals surface area (Å²) in [6, 6.07) is 7.44. The number of aryl methyl sites for hydroxylation is 1. The van der Waals surface area contributed by atoms with Crippen LogP contribution in [-0.4, -0.2) is 25.7 Å². The van der Waals surface area contributed by atoms with Crippen LogP contribution in [0.1, 0.15) is 41.5 Å². The number of carbonyl (C=O) groups is 1. The Bertz CT molecular complexity index is 805. The number of anilines is 1. The van der Waals surface area contributed by atoms with Crippen LogP contribution in [0.2, 0.25) is 0 Å². The van der Waals surface area contributed by atoms with E-state index in [1.807, 2.05) is 39.0 Å². The van der Waals surface area contributed by atoms with E-state index in [1.54, 1.807) is 10.6 Å². The van der Waals surface area contributed by atoms with E-state index in [-0.39, 0.29) is 11.8 Å². The average Bonchev–Trinajstić information content (AvgIpc) is 2.97. The van der Waals surface area contributed by atoms with Crippen LogP contribution >= 0.6 is 11.3 Å². The van der Waals surface area contributed by atoms with E-state index in [0.717, 1.165) is 11.4 Å². The molecule has 0 aliphatic heterocycles. The Labute approximate surface area is 125 Å². The summed E-state index contributed by atoms with van der Waals surface area (Å²) >= 11 is 1.31. The molecule has 0 unspecified atom stereocenters. The summed E-state index contributed by atoms with van der Waals surface area (Å²) < 4.78 is 1.68. The zero-order valence-electron chi connectivity index (χ0n) is 12.0. The molecule has 0 spiro atoms. The number of benzene rings is 1. The minimum atomic E-state index is -0.172. The van der Waals surface area contributed by atoms with E-state index in [9.17, 15) is 4.79 Å². The molecule has 2 heterocycles. The highest BCUT2D eigenvalue weighted by atomic mass is 32.1. The van der Waals surface area contributed by atoms with Crippen molar-refractivity contribution in [2.75, 3.05) is 5.32 Å². The maximum Gasteiger partial charge on any atom is 0.257 e. The van der Waals surface area contributed by atoms with Crippen LogP contribution in [-0.2, 0) is 0 Å². The highest BCUT2D eigenvalue weighted by molar-refractivity contribution is 7.20. The summed E-state index contributed by atoms with van der Waals surface area (Å²) in [6.07, 6.45) is 0. The Balaban J connectivity index is 1.86. The first-order chi connectivity index (χ1) is 10.0. The molecule has 3 rings (SSSR count). The quantitative estimate of drug-likeness (QED) is 0.807. The predicted octanol–water partition coefficient (Wildman–Crippen LogP) is 2.87. The SMILES string of the molecule is Cc1cccc(C(=O)Nc2nn3c(C(C)C)nnc3s2)c1. The molecule has 0 atom stereocenters. The average molecular weight is 301 g/mol. The minimum Gasteiger partial charge on any atom is -0.296 e. The Kier molecular flexibility index (Phi) is 3.42. The van der Waals surface area contributed by atoms with Crippen LogP contribution in [0.5, 0.6) is 0 Å². The monoisotopic (exact) mass is 301 g/mol. The topological polar surface area (TPSA) is 72.2 Å². The highest BCUT2D eigenvalue weighted by Crippen LogP contribution is 2.22. The van der Waals surface area contributed by atoms with Crippen LogP contribution in [0, 0.1) is 6.92 Å². The normalized spacial score (nSPS) is 11.2. The standard InChI is InChI=1S/C14H15N5OS/c1-8(2)11-16-17-14-19(11)18-13(21-14)15-12(20)10-6-4-5-9(3)7-10/h4-8H,1-3H3,(H,15,18,20). The summed E-state index contributed by atoms with van der Waals surface area (Å²) in [5.41, 5.74) is 1.66. The number of fused-ring (bicyclic) bond motifs is 1. The van der Waals surface area contributed by atoms with Gasteiger partial charge in [0.15, 0.2) is 5.82 Å². The van der Waals surface area contributed by atoms with Crippen LogP contribution < -0.4 is 5.32 Å². The summed E-state index contributed by atoms with van der Waals surface area (Å²) in [5, 5.41) is 15.9. The number of nitrogens with one attached hydrogen (secondary N) is 1. The molecule has 0 aliphatic carbocycles. The van der Waals surface area contributed by atoms with E-state index in [1.165, 1.54) is 11.3 Å². The van der Waals surface area contributed by atoms with Gasteiger partial charge in [-0.05, 0) is 19.1 Å². The Hall–Kier alpha value is -2.28.